The number of rotatable bonds is 3. The van der Waals surface area contributed by atoms with Gasteiger partial charge in [-0.05, 0) is 0 Å². The molecule has 0 bridgehead atoms. The maximum absolute atomic E-state index is 11.8. The van der Waals surface area contributed by atoms with E-state index < -0.39 is 0 Å². The molecular formula is C10H13ClN4O2. The molecule has 7 heteroatoms. The molecule has 0 aliphatic carbocycles. The predicted molar refractivity (Wildman–Crippen MR) is 62.9 cm³/mol. The second-order valence-corrected chi connectivity index (χ2v) is 4.01. The van der Waals surface area contributed by atoms with Gasteiger partial charge in [-0.3, -0.25) is 4.79 Å². The van der Waals surface area contributed by atoms with E-state index in [1.165, 1.54) is 12.4 Å². The SMILES string of the molecule is O=C(CNc1ncc(Cl)cn1)N1CCOCC1. The zero-order valence-corrected chi connectivity index (χ0v) is 9.98. The van der Waals surface area contributed by atoms with Crippen molar-refractivity contribution in [1.29, 1.82) is 0 Å². The lowest BCUT2D eigenvalue weighted by atomic mass is 10.4. The van der Waals surface area contributed by atoms with Gasteiger partial charge in [0.15, 0.2) is 0 Å². The van der Waals surface area contributed by atoms with Crippen LogP contribution in [0.5, 0.6) is 0 Å². The summed E-state index contributed by atoms with van der Waals surface area (Å²) in [4.78, 5) is 21.4. The van der Waals surface area contributed by atoms with Gasteiger partial charge < -0.3 is 15.0 Å². The average Bonchev–Trinajstić information content (AvgIpc) is 2.39. The number of morpholine rings is 1. The summed E-state index contributed by atoms with van der Waals surface area (Å²) in [5.74, 6) is 0.419. The first kappa shape index (κ1) is 12.1. The Morgan fingerprint density at radius 1 is 1.41 bits per heavy atom. The van der Waals surface area contributed by atoms with Crippen LogP contribution in [0.15, 0.2) is 12.4 Å². The Labute approximate surface area is 104 Å². The molecular weight excluding hydrogens is 244 g/mol. The highest BCUT2D eigenvalue weighted by molar-refractivity contribution is 6.30. The smallest absolute Gasteiger partial charge is 0.242 e. The highest BCUT2D eigenvalue weighted by Gasteiger charge is 2.16. The fourth-order valence-corrected chi connectivity index (χ4v) is 1.58. The maximum Gasteiger partial charge on any atom is 0.242 e. The minimum Gasteiger partial charge on any atom is -0.378 e. The second-order valence-electron chi connectivity index (χ2n) is 3.57. The number of nitrogens with one attached hydrogen (secondary N) is 1. The van der Waals surface area contributed by atoms with E-state index in [0.717, 1.165) is 0 Å². The normalized spacial score (nSPS) is 15.7. The number of aromatic nitrogens is 2. The van der Waals surface area contributed by atoms with E-state index in [9.17, 15) is 4.79 Å². The Morgan fingerprint density at radius 3 is 2.71 bits per heavy atom. The molecule has 0 radical (unpaired) electrons. The summed E-state index contributed by atoms with van der Waals surface area (Å²) in [6, 6.07) is 0. The molecule has 1 fully saturated rings. The molecule has 2 rings (SSSR count). The fourth-order valence-electron chi connectivity index (χ4n) is 1.48. The number of nitrogens with zero attached hydrogens (tertiary/aromatic N) is 3. The van der Waals surface area contributed by atoms with Crippen LogP contribution < -0.4 is 5.32 Å². The van der Waals surface area contributed by atoms with Gasteiger partial charge in [-0.1, -0.05) is 11.6 Å². The summed E-state index contributed by atoms with van der Waals surface area (Å²) >= 11 is 5.65. The molecule has 1 aromatic rings. The average molecular weight is 257 g/mol. The molecule has 1 saturated heterocycles. The third-order valence-electron chi connectivity index (χ3n) is 2.38. The van der Waals surface area contributed by atoms with Crippen molar-refractivity contribution in [3.05, 3.63) is 17.4 Å². The van der Waals surface area contributed by atoms with Crippen LogP contribution in [0.3, 0.4) is 0 Å². The van der Waals surface area contributed by atoms with Crippen molar-refractivity contribution in [2.75, 3.05) is 38.2 Å². The van der Waals surface area contributed by atoms with Gasteiger partial charge in [0.25, 0.3) is 0 Å². The van der Waals surface area contributed by atoms with Crippen molar-refractivity contribution >= 4 is 23.5 Å². The summed E-state index contributed by atoms with van der Waals surface area (Å²) in [6.07, 6.45) is 2.96. The monoisotopic (exact) mass is 256 g/mol. The number of amides is 1. The second kappa shape index (κ2) is 5.79. The summed E-state index contributed by atoms with van der Waals surface area (Å²) in [5.41, 5.74) is 0. The molecule has 1 aromatic heterocycles. The molecule has 1 aliphatic heterocycles. The Kier molecular flexibility index (Phi) is 4.11. The van der Waals surface area contributed by atoms with E-state index in [1.807, 2.05) is 0 Å². The molecule has 0 saturated carbocycles. The quantitative estimate of drug-likeness (QED) is 0.848. The Bertz CT molecular complexity index is 378. The van der Waals surface area contributed by atoms with E-state index in [1.54, 1.807) is 4.90 Å². The summed E-state index contributed by atoms with van der Waals surface area (Å²) in [7, 11) is 0. The van der Waals surface area contributed by atoms with Crippen molar-refractivity contribution in [2.24, 2.45) is 0 Å². The minimum absolute atomic E-state index is 0.0202. The number of hydrogen-bond acceptors (Lipinski definition) is 5. The number of carbonyl (C=O) groups excluding carboxylic acids is 1. The van der Waals surface area contributed by atoms with Crippen molar-refractivity contribution in [3.8, 4) is 0 Å². The van der Waals surface area contributed by atoms with Gasteiger partial charge in [-0.25, -0.2) is 9.97 Å². The van der Waals surface area contributed by atoms with Gasteiger partial charge >= 0.3 is 0 Å². The molecule has 17 heavy (non-hydrogen) atoms. The number of hydrogen-bond donors (Lipinski definition) is 1. The number of anilines is 1. The van der Waals surface area contributed by atoms with Crippen molar-refractivity contribution in [2.45, 2.75) is 0 Å². The van der Waals surface area contributed by atoms with Crippen LogP contribution in [0.2, 0.25) is 5.02 Å². The topological polar surface area (TPSA) is 67.4 Å². The third kappa shape index (κ3) is 3.54. The van der Waals surface area contributed by atoms with Crippen LogP contribution >= 0.6 is 11.6 Å². The lowest BCUT2D eigenvalue weighted by Crippen LogP contribution is -2.43. The third-order valence-corrected chi connectivity index (χ3v) is 2.58. The summed E-state index contributed by atoms with van der Waals surface area (Å²) < 4.78 is 5.17. The standard InChI is InChI=1S/C10H13ClN4O2/c11-8-5-12-10(13-6-8)14-7-9(16)15-1-3-17-4-2-15/h5-6H,1-4,7H2,(H,12,13,14). The van der Waals surface area contributed by atoms with Crippen LogP contribution in [0.4, 0.5) is 5.95 Å². The minimum atomic E-state index is 0.0202. The van der Waals surface area contributed by atoms with E-state index in [-0.39, 0.29) is 12.5 Å². The molecule has 0 atom stereocenters. The molecule has 0 unspecified atom stereocenters. The molecule has 0 aromatic carbocycles. The van der Waals surface area contributed by atoms with Crippen molar-refractivity contribution in [3.63, 3.8) is 0 Å². The number of carbonyl (C=O) groups is 1. The first-order valence-electron chi connectivity index (χ1n) is 5.32. The van der Waals surface area contributed by atoms with Gasteiger partial charge in [-0.2, -0.15) is 0 Å². The molecule has 0 spiro atoms. The van der Waals surface area contributed by atoms with Crippen LogP contribution in [0.25, 0.3) is 0 Å². The lowest BCUT2D eigenvalue weighted by Gasteiger charge is -2.26. The van der Waals surface area contributed by atoms with Gasteiger partial charge in [0.1, 0.15) is 0 Å². The van der Waals surface area contributed by atoms with E-state index in [4.69, 9.17) is 16.3 Å². The highest BCUT2D eigenvalue weighted by atomic mass is 35.5. The van der Waals surface area contributed by atoms with Crippen LogP contribution in [-0.4, -0.2) is 53.6 Å². The first-order chi connectivity index (χ1) is 8.25. The van der Waals surface area contributed by atoms with Crippen LogP contribution in [0, 0.1) is 0 Å². The van der Waals surface area contributed by atoms with Gasteiger partial charge in [0.2, 0.25) is 11.9 Å². The van der Waals surface area contributed by atoms with Gasteiger partial charge in [0, 0.05) is 13.1 Å². The van der Waals surface area contributed by atoms with Gasteiger partial charge in [-0.15, -0.1) is 0 Å². The van der Waals surface area contributed by atoms with E-state index in [0.29, 0.717) is 37.3 Å². The molecule has 1 N–H and O–H groups in total. The largest absolute Gasteiger partial charge is 0.378 e. The molecule has 2 heterocycles. The fraction of sp³-hybridized carbons (Fsp3) is 0.500. The molecule has 1 amide bonds. The summed E-state index contributed by atoms with van der Waals surface area (Å²) in [6.45, 7) is 2.66. The Hall–Kier alpha value is -1.40. The van der Waals surface area contributed by atoms with E-state index in [2.05, 4.69) is 15.3 Å². The first-order valence-corrected chi connectivity index (χ1v) is 5.70. The molecule has 6 nitrogen and oxygen atoms in total. The Balaban J connectivity index is 1.81. The molecule has 92 valence electrons. The van der Waals surface area contributed by atoms with Crippen molar-refractivity contribution in [1.82, 2.24) is 14.9 Å². The summed E-state index contributed by atoms with van der Waals surface area (Å²) in [5, 5.41) is 3.32. The molecule has 1 aliphatic rings. The number of ether oxygens (including phenoxy) is 1. The Morgan fingerprint density at radius 2 is 2.06 bits per heavy atom. The highest BCUT2D eigenvalue weighted by Crippen LogP contribution is 2.05. The van der Waals surface area contributed by atoms with E-state index >= 15 is 0 Å². The van der Waals surface area contributed by atoms with Crippen molar-refractivity contribution < 1.29 is 9.53 Å². The van der Waals surface area contributed by atoms with Crippen LogP contribution in [-0.2, 0) is 9.53 Å². The van der Waals surface area contributed by atoms with Gasteiger partial charge in [0.05, 0.1) is 37.2 Å². The number of halogens is 1. The predicted octanol–water partition coefficient (Wildman–Crippen LogP) is 0.401. The maximum atomic E-state index is 11.8. The zero-order valence-electron chi connectivity index (χ0n) is 9.23. The van der Waals surface area contributed by atoms with Crippen LogP contribution in [0.1, 0.15) is 0 Å². The lowest BCUT2D eigenvalue weighted by molar-refractivity contribution is -0.133. The zero-order chi connectivity index (χ0) is 12.1.